The third-order valence-electron chi connectivity index (χ3n) is 3.85. The number of halogens is 2. The first-order valence-electron chi connectivity index (χ1n) is 6.92. The van der Waals surface area contributed by atoms with Crippen LogP contribution in [0.2, 0.25) is 0 Å². The maximum Gasteiger partial charge on any atom is 0.227 e. The van der Waals surface area contributed by atoms with E-state index in [-0.39, 0.29) is 29.5 Å². The molecule has 1 aliphatic heterocycles. The van der Waals surface area contributed by atoms with Gasteiger partial charge < -0.3 is 4.90 Å². The Morgan fingerprint density at radius 1 is 1.40 bits per heavy atom. The molecule has 108 valence electrons. The van der Waals surface area contributed by atoms with E-state index < -0.39 is 11.6 Å². The van der Waals surface area contributed by atoms with Crippen LogP contribution in [0.4, 0.5) is 8.78 Å². The van der Waals surface area contributed by atoms with Gasteiger partial charge >= 0.3 is 0 Å². The number of piperidine rings is 1. The van der Waals surface area contributed by atoms with E-state index in [1.807, 2.05) is 6.92 Å². The van der Waals surface area contributed by atoms with E-state index in [0.29, 0.717) is 6.54 Å². The van der Waals surface area contributed by atoms with Gasteiger partial charge in [-0.25, -0.2) is 8.78 Å². The Labute approximate surface area is 118 Å². The molecule has 0 aromatic heterocycles. The fourth-order valence-electron chi connectivity index (χ4n) is 2.63. The molecule has 0 aliphatic carbocycles. The molecule has 2 rings (SSSR count). The summed E-state index contributed by atoms with van der Waals surface area (Å²) in [5, 5.41) is 0. The van der Waals surface area contributed by atoms with Crippen LogP contribution in [-0.2, 0) is 11.2 Å². The molecule has 0 bridgehead atoms. The van der Waals surface area contributed by atoms with Gasteiger partial charge in [0, 0.05) is 23.7 Å². The Bertz CT molecular complexity index is 527. The topological polar surface area (TPSA) is 20.3 Å². The number of benzene rings is 1. The number of nitrogens with zero attached hydrogens (tertiary/aromatic N) is 1. The number of hydrogen-bond acceptors (Lipinski definition) is 1. The molecule has 1 unspecified atom stereocenters. The van der Waals surface area contributed by atoms with E-state index in [9.17, 15) is 13.6 Å². The number of carbonyl (C=O) groups is 1. The maximum atomic E-state index is 13.9. The highest BCUT2D eigenvalue weighted by molar-refractivity contribution is 5.79. The van der Waals surface area contributed by atoms with Crippen molar-refractivity contribution >= 4 is 12.0 Å². The first-order valence-corrected chi connectivity index (χ1v) is 6.92. The molecule has 0 spiro atoms. The lowest BCUT2D eigenvalue weighted by molar-refractivity contribution is -0.133. The van der Waals surface area contributed by atoms with Crippen molar-refractivity contribution in [1.82, 2.24) is 4.90 Å². The van der Waals surface area contributed by atoms with Gasteiger partial charge in [-0.3, -0.25) is 4.79 Å². The molecule has 1 aromatic carbocycles. The van der Waals surface area contributed by atoms with Crippen molar-refractivity contribution in [2.75, 3.05) is 6.54 Å². The molecule has 1 saturated heterocycles. The normalized spacial score (nSPS) is 18.9. The lowest BCUT2D eigenvalue weighted by atomic mass is 10.0. The van der Waals surface area contributed by atoms with E-state index in [4.69, 9.17) is 0 Å². The van der Waals surface area contributed by atoms with Gasteiger partial charge in [0.2, 0.25) is 5.91 Å². The summed E-state index contributed by atoms with van der Waals surface area (Å²) in [5.41, 5.74) is 0.223. The lowest BCUT2D eigenvalue weighted by Gasteiger charge is -2.33. The molecular weight excluding hydrogens is 260 g/mol. The van der Waals surface area contributed by atoms with Crippen LogP contribution in [0.3, 0.4) is 0 Å². The zero-order valence-electron chi connectivity index (χ0n) is 11.7. The van der Waals surface area contributed by atoms with Crippen LogP contribution in [-0.4, -0.2) is 23.4 Å². The number of hydrogen-bond donors (Lipinski definition) is 0. The molecule has 1 aliphatic rings. The summed E-state index contributed by atoms with van der Waals surface area (Å²) in [5.74, 6) is -1.24. The first kappa shape index (κ1) is 14.7. The van der Waals surface area contributed by atoms with Crippen LogP contribution in [0.25, 0.3) is 6.08 Å². The zero-order valence-corrected chi connectivity index (χ0v) is 11.7. The third kappa shape index (κ3) is 3.06. The number of carbonyl (C=O) groups excluding carboxylic acids is 1. The Kier molecular flexibility index (Phi) is 4.53. The highest BCUT2D eigenvalue weighted by Crippen LogP contribution is 2.20. The Morgan fingerprint density at radius 2 is 2.15 bits per heavy atom. The second-order valence-electron chi connectivity index (χ2n) is 5.28. The summed E-state index contributed by atoms with van der Waals surface area (Å²) >= 11 is 0. The molecule has 1 atom stereocenters. The van der Waals surface area contributed by atoms with Crippen LogP contribution < -0.4 is 0 Å². The largest absolute Gasteiger partial charge is 0.340 e. The summed E-state index contributed by atoms with van der Waals surface area (Å²) in [7, 11) is 0. The van der Waals surface area contributed by atoms with Crippen molar-refractivity contribution in [2.24, 2.45) is 0 Å². The minimum Gasteiger partial charge on any atom is -0.340 e. The van der Waals surface area contributed by atoms with E-state index in [1.54, 1.807) is 4.90 Å². The van der Waals surface area contributed by atoms with Crippen molar-refractivity contribution in [3.8, 4) is 0 Å². The van der Waals surface area contributed by atoms with Gasteiger partial charge in [0.15, 0.2) is 0 Å². The highest BCUT2D eigenvalue weighted by atomic mass is 19.1. The molecule has 4 heteroatoms. The van der Waals surface area contributed by atoms with Crippen molar-refractivity contribution in [3.05, 3.63) is 41.5 Å². The summed E-state index contributed by atoms with van der Waals surface area (Å²) in [6.45, 7) is 6.12. The van der Waals surface area contributed by atoms with E-state index in [2.05, 4.69) is 6.58 Å². The molecule has 1 amide bonds. The second-order valence-corrected chi connectivity index (χ2v) is 5.28. The predicted octanol–water partition coefficient (Wildman–Crippen LogP) is 3.55. The van der Waals surface area contributed by atoms with Crippen LogP contribution in [0.15, 0.2) is 18.7 Å². The molecule has 0 radical (unpaired) electrons. The number of amides is 1. The summed E-state index contributed by atoms with van der Waals surface area (Å²) in [6, 6.07) is 2.36. The van der Waals surface area contributed by atoms with Crippen LogP contribution >= 0.6 is 0 Å². The van der Waals surface area contributed by atoms with Crippen LogP contribution in [0.1, 0.15) is 37.3 Å². The average Bonchev–Trinajstić information content (AvgIpc) is 2.42. The number of rotatable bonds is 3. The van der Waals surface area contributed by atoms with E-state index in [1.165, 1.54) is 6.08 Å². The van der Waals surface area contributed by atoms with Crippen molar-refractivity contribution < 1.29 is 13.6 Å². The predicted molar refractivity (Wildman–Crippen MR) is 75.2 cm³/mol. The molecule has 1 aromatic rings. The molecule has 20 heavy (non-hydrogen) atoms. The quantitative estimate of drug-likeness (QED) is 0.828. The van der Waals surface area contributed by atoms with Crippen LogP contribution in [0.5, 0.6) is 0 Å². The zero-order chi connectivity index (χ0) is 14.7. The van der Waals surface area contributed by atoms with Gasteiger partial charge in [-0.15, -0.1) is 0 Å². The maximum absolute atomic E-state index is 13.9. The van der Waals surface area contributed by atoms with Gasteiger partial charge in [-0.05, 0) is 38.3 Å². The molecule has 1 fully saturated rings. The van der Waals surface area contributed by atoms with Crippen molar-refractivity contribution in [1.29, 1.82) is 0 Å². The minimum atomic E-state index is -0.556. The first-order chi connectivity index (χ1) is 9.52. The van der Waals surface area contributed by atoms with Crippen molar-refractivity contribution in [3.63, 3.8) is 0 Å². The lowest BCUT2D eigenvalue weighted by Crippen LogP contribution is -2.42. The summed E-state index contributed by atoms with van der Waals surface area (Å²) in [6.07, 6.45) is 4.23. The van der Waals surface area contributed by atoms with Gasteiger partial charge in [0.1, 0.15) is 11.6 Å². The second kappa shape index (κ2) is 6.16. The molecule has 1 heterocycles. The number of likely N-dealkylation sites (tertiary alicyclic amines) is 1. The van der Waals surface area contributed by atoms with Crippen molar-refractivity contribution in [2.45, 2.75) is 38.6 Å². The molecular formula is C16H19F2NO. The fourth-order valence-corrected chi connectivity index (χ4v) is 2.63. The van der Waals surface area contributed by atoms with Gasteiger partial charge in [-0.1, -0.05) is 12.7 Å². The highest BCUT2D eigenvalue weighted by Gasteiger charge is 2.24. The monoisotopic (exact) mass is 279 g/mol. The molecule has 2 nitrogen and oxygen atoms in total. The minimum absolute atomic E-state index is 0.0927. The van der Waals surface area contributed by atoms with Gasteiger partial charge in [0.25, 0.3) is 0 Å². The van der Waals surface area contributed by atoms with E-state index >= 15 is 0 Å². The van der Waals surface area contributed by atoms with E-state index in [0.717, 1.165) is 31.4 Å². The van der Waals surface area contributed by atoms with Gasteiger partial charge in [-0.2, -0.15) is 0 Å². The molecule has 0 N–H and O–H groups in total. The average molecular weight is 279 g/mol. The Hall–Kier alpha value is -1.71. The SMILES string of the molecule is C=Cc1cc(F)c(CC(=O)N2CCCCC2C)cc1F. The standard InChI is InChI=1S/C16H19F2NO/c1-3-12-8-15(18)13(9-14(12)17)10-16(20)19-7-5-4-6-11(19)2/h3,8-9,11H,1,4-7,10H2,2H3. The van der Waals surface area contributed by atoms with Crippen LogP contribution in [0, 0.1) is 11.6 Å². The summed E-state index contributed by atoms with van der Waals surface area (Å²) in [4.78, 5) is 14.0. The summed E-state index contributed by atoms with van der Waals surface area (Å²) < 4.78 is 27.5. The van der Waals surface area contributed by atoms with Gasteiger partial charge in [0.05, 0.1) is 6.42 Å². The molecule has 0 saturated carbocycles. The Morgan fingerprint density at radius 3 is 2.80 bits per heavy atom. The third-order valence-corrected chi connectivity index (χ3v) is 3.85. The fraction of sp³-hybridized carbons (Fsp3) is 0.438. The smallest absolute Gasteiger partial charge is 0.227 e. The Balaban J connectivity index is 2.15.